The standard InChI is InChI=1S/C15H18N2O3S/c1-20-14(19)11-2-3-13-12(8-11)16-15(21-13)17-6-4-10(9-18)5-7-17/h2-3,8,10,18H,4-7,9H2,1H3. The van der Waals surface area contributed by atoms with E-state index in [2.05, 4.69) is 9.88 Å². The van der Waals surface area contributed by atoms with Crippen molar-refractivity contribution in [3.8, 4) is 0 Å². The first-order valence-electron chi connectivity index (χ1n) is 7.06. The molecule has 1 N–H and O–H groups in total. The quantitative estimate of drug-likeness (QED) is 0.882. The number of hydrogen-bond donors (Lipinski definition) is 1. The number of anilines is 1. The van der Waals surface area contributed by atoms with Gasteiger partial charge in [0.05, 0.1) is 22.9 Å². The number of aromatic nitrogens is 1. The van der Waals surface area contributed by atoms with Crippen molar-refractivity contribution in [1.82, 2.24) is 4.98 Å². The lowest BCUT2D eigenvalue weighted by Gasteiger charge is -2.30. The van der Waals surface area contributed by atoms with Gasteiger partial charge in [-0.2, -0.15) is 0 Å². The van der Waals surface area contributed by atoms with Crippen molar-refractivity contribution in [2.45, 2.75) is 12.8 Å². The Morgan fingerprint density at radius 2 is 2.24 bits per heavy atom. The number of carbonyl (C=O) groups excluding carboxylic acids is 1. The van der Waals surface area contributed by atoms with Gasteiger partial charge in [0.1, 0.15) is 0 Å². The fourth-order valence-corrected chi connectivity index (χ4v) is 3.60. The fraction of sp³-hybridized carbons (Fsp3) is 0.467. The van der Waals surface area contributed by atoms with Crippen molar-refractivity contribution in [2.24, 2.45) is 5.92 Å². The van der Waals surface area contributed by atoms with Crippen molar-refractivity contribution in [3.63, 3.8) is 0 Å². The van der Waals surface area contributed by atoms with Gasteiger partial charge in [0.25, 0.3) is 0 Å². The Morgan fingerprint density at radius 3 is 2.90 bits per heavy atom. The van der Waals surface area contributed by atoms with Crippen LogP contribution in [0.15, 0.2) is 18.2 Å². The number of aliphatic hydroxyl groups excluding tert-OH is 1. The van der Waals surface area contributed by atoms with Crippen molar-refractivity contribution in [1.29, 1.82) is 0 Å². The zero-order valence-corrected chi connectivity index (χ0v) is 12.7. The van der Waals surface area contributed by atoms with Gasteiger partial charge in [-0.15, -0.1) is 0 Å². The van der Waals surface area contributed by atoms with Crippen LogP contribution in [0.1, 0.15) is 23.2 Å². The first kappa shape index (κ1) is 14.3. The maximum atomic E-state index is 11.6. The van der Waals surface area contributed by atoms with Gasteiger partial charge < -0.3 is 14.7 Å². The maximum Gasteiger partial charge on any atom is 0.337 e. The van der Waals surface area contributed by atoms with Crippen LogP contribution in [-0.2, 0) is 4.74 Å². The molecule has 3 rings (SSSR count). The number of esters is 1. The van der Waals surface area contributed by atoms with E-state index >= 15 is 0 Å². The van der Waals surface area contributed by atoms with Gasteiger partial charge in [0.15, 0.2) is 5.13 Å². The molecule has 0 aliphatic carbocycles. The number of carbonyl (C=O) groups is 1. The molecule has 2 heterocycles. The molecule has 1 aliphatic rings. The Kier molecular flexibility index (Phi) is 4.07. The number of ether oxygens (including phenoxy) is 1. The SMILES string of the molecule is COC(=O)c1ccc2sc(N3CCC(CO)CC3)nc2c1. The lowest BCUT2D eigenvalue weighted by atomic mass is 9.98. The molecule has 21 heavy (non-hydrogen) atoms. The second-order valence-corrected chi connectivity index (χ2v) is 6.29. The molecule has 0 amide bonds. The summed E-state index contributed by atoms with van der Waals surface area (Å²) in [4.78, 5) is 18.5. The zero-order valence-electron chi connectivity index (χ0n) is 11.9. The minimum absolute atomic E-state index is 0.274. The Hall–Kier alpha value is -1.66. The molecule has 0 saturated carbocycles. The summed E-state index contributed by atoms with van der Waals surface area (Å²) in [5.74, 6) is 0.0803. The molecule has 112 valence electrons. The molecule has 0 bridgehead atoms. The summed E-state index contributed by atoms with van der Waals surface area (Å²) in [5.41, 5.74) is 1.36. The van der Waals surface area contributed by atoms with E-state index in [1.807, 2.05) is 6.07 Å². The molecule has 6 heteroatoms. The summed E-state index contributed by atoms with van der Waals surface area (Å²) in [6.45, 7) is 2.12. The van der Waals surface area contributed by atoms with E-state index in [-0.39, 0.29) is 12.6 Å². The largest absolute Gasteiger partial charge is 0.465 e. The highest BCUT2D eigenvalue weighted by Crippen LogP contribution is 2.32. The Labute approximate surface area is 127 Å². The third kappa shape index (κ3) is 2.87. The van der Waals surface area contributed by atoms with Gasteiger partial charge in [0.2, 0.25) is 0 Å². The van der Waals surface area contributed by atoms with Crippen LogP contribution in [0.4, 0.5) is 5.13 Å². The van der Waals surface area contributed by atoms with E-state index in [9.17, 15) is 9.90 Å². The molecular weight excluding hydrogens is 288 g/mol. The van der Waals surface area contributed by atoms with Gasteiger partial charge >= 0.3 is 5.97 Å². The number of hydrogen-bond acceptors (Lipinski definition) is 6. The molecule has 1 aromatic carbocycles. The highest BCUT2D eigenvalue weighted by Gasteiger charge is 2.21. The van der Waals surface area contributed by atoms with Crippen LogP contribution in [0.25, 0.3) is 10.2 Å². The monoisotopic (exact) mass is 306 g/mol. The van der Waals surface area contributed by atoms with Crippen LogP contribution in [0.2, 0.25) is 0 Å². The summed E-state index contributed by atoms with van der Waals surface area (Å²) < 4.78 is 5.81. The molecule has 2 aromatic rings. The van der Waals surface area contributed by atoms with E-state index in [0.717, 1.165) is 41.3 Å². The van der Waals surface area contributed by atoms with Gasteiger partial charge in [0, 0.05) is 19.7 Å². The zero-order chi connectivity index (χ0) is 14.8. The van der Waals surface area contributed by atoms with Crippen molar-refractivity contribution >= 4 is 32.7 Å². The Balaban J connectivity index is 1.83. The van der Waals surface area contributed by atoms with Gasteiger partial charge in [-0.3, -0.25) is 0 Å². The number of fused-ring (bicyclic) bond motifs is 1. The molecular formula is C15H18N2O3S. The summed E-state index contributed by atoms with van der Waals surface area (Å²) in [5, 5.41) is 10.2. The molecule has 1 aromatic heterocycles. The molecule has 0 spiro atoms. The minimum Gasteiger partial charge on any atom is -0.465 e. The van der Waals surface area contributed by atoms with E-state index in [4.69, 9.17) is 4.74 Å². The number of aliphatic hydroxyl groups is 1. The number of methoxy groups -OCH3 is 1. The average molecular weight is 306 g/mol. The molecule has 5 nitrogen and oxygen atoms in total. The van der Waals surface area contributed by atoms with E-state index in [1.54, 1.807) is 23.5 Å². The fourth-order valence-electron chi connectivity index (χ4n) is 2.60. The highest BCUT2D eigenvalue weighted by atomic mass is 32.1. The predicted molar refractivity (Wildman–Crippen MR) is 83.0 cm³/mol. The van der Waals surface area contributed by atoms with Crippen LogP contribution in [0.5, 0.6) is 0 Å². The summed E-state index contributed by atoms with van der Waals surface area (Å²) >= 11 is 1.64. The van der Waals surface area contributed by atoms with E-state index in [1.165, 1.54) is 7.11 Å². The second-order valence-electron chi connectivity index (χ2n) is 5.28. The number of piperidine rings is 1. The lowest BCUT2D eigenvalue weighted by molar-refractivity contribution is 0.0601. The predicted octanol–water partition coefficient (Wildman–Crippen LogP) is 2.29. The second kappa shape index (κ2) is 5.99. The van der Waals surface area contributed by atoms with Gasteiger partial charge in [-0.1, -0.05) is 11.3 Å². The number of benzene rings is 1. The van der Waals surface area contributed by atoms with Gasteiger partial charge in [-0.25, -0.2) is 9.78 Å². The van der Waals surface area contributed by atoms with Crippen molar-refractivity contribution in [2.75, 3.05) is 31.7 Å². The molecule has 1 aliphatic heterocycles. The van der Waals surface area contributed by atoms with Gasteiger partial charge in [-0.05, 0) is 37.0 Å². The summed E-state index contributed by atoms with van der Waals surface area (Å²) in [7, 11) is 1.38. The summed E-state index contributed by atoms with van der Waals surface area (Å²) in [6, 6.07) is 5.47. The summed E-state index contributed by atoms with van der Waals surface area (Å²) in [6.07, 6.45) is 2.00. The number of nitrogens with zero attached hydrogens (tertiary/aromatic N) is 2. The average Bonchev–Trinajstić information content (AvgIpc) is 2.97. The van der Waals surface area contributed by atoms with Crippen LogP contribution in [-0.4, -0.2) is 42.9 Å². The highest BCUT2D eigenvalue weighted by molar-refractivity contribution is 7.22. The third-order valence-corrected chi connectivity index (χ3v) is 5.04. The topological polar surface area (TPSA) is 62.7 Å². The van der Waals surface area contributed by atoms with E-state index in [0.29, 0.717) is 11.5 Å². The van der Waals surface area contributed by atoms with Crippen LogP contribution < -0.4 is 4.90 Å². The third-order valence-electron chi connectivity index (χ3n) is 3.94. The number of rotatable bonds is 3. The lowest BCUT2D eigenvalue weighted by Crippen LogP contribution is -2.34. The smallest absolute Gasteiger partial charge is 0.337 e. The van der Waals surface area contributed by atoms with Crippen LogP contribution in [0.3, 0.4) is 0 Å². The first-order chi connectivity index (χ1) is 10.2. The molecule has 0 radical (unpaired) electrons. The van der Waals surface area contributed by atoms with Crippen molar-refractivity contribution in [3.05, 3.63) is 23.8 Å². The molecule has 1 saturated heterocycles. The van der Waals surface area contributed by atoms with E-state index < -0.39 is 0 Å². The Morgan fingerprint density at radius 1 is 1.48 bits per heavy atom. The molecule has 0 unspecified atom stereocenters. The molecule has 0 atom stereocenters. The normalized spacial score (nSPS) is 16.4. The first-order valence-corrected chi connectivity index (χ1v) is 7.87. The molecule has 1 fully saturated rings. The van der Waals surface area contributed by atoms with Crippen LogP contribution in [0, 0.1) is 5.92 Å². The van der Waals surface area contributed by atoms with Crippen molar-refractivity contribution < 1.29 is 14.6 Å². The maximum absolute atomic E-state index is 11.6. The number of thiazole rings is 1. The minimum atomic E-state index is -0.338. The van der Waals surface area contributed by atoms with Crippen LogP contribution >= 0.6 is 11.3 Å². The Bertz CT molecular complexity index is 647.